The van der Waals surface area contributed by atoms with Crippen LogP contribution in [0.3, 0.4) is 0 Å². The molecule has 1 atom stereocenters. The van der Waals surface area contributed by atoms with Gasteiger partial charge in [0.1, 0.15) is 17.2 Å². The third-order valence-electron chi connectivity index (χ3n) is 4.62. The molecule has 7 heteroatoms. The van der Waals surface area contributed by atoms with E-state index in [4.69, 9.17) is 4.74 Å². The fourth-order valence-electron chi connectivity index (χ4n) is 3.03. The Balaban J connectivity index is 1.51. The highest BCUT2D eigenvalue weighted by molar-refractivity contribution is 5.92. The summed E-state index contributed by atoms with van der Waals surface area (Å²) in [4.78, 5) is 24.8. The van der Waals surface area contributed by atoms with Crippen molar-refractivity contribution in [3.63, 3.8) is 0 Å². The molecule has 4 aromatic rings. The van der Waals surface area contributed by atoms with Crippen LogP contribution in [0.25, 0.3) is 10.9 Å². The minimum atomic E-state index is -0.267. The fraction of sp³-hybridized carbons (Fsp3) is 0.130. The van der Waals surface area contributed by atoms with Crippen LogP contribution < -0.4 is 15.4 Å². The molecule has 2 aromatic carbocycles. The predicted octanol–water partition coefficient (Wildman–Crippen LogP) is 4.35. The molecule has 0 aliphatic rings. The maximum absolute atomic E-state index is 11.7. The molecule has 4 rings (SSSR count). The Morgan fingerprint density at radius 3 is 2.60 bits per heavy atom. The maximum Gasteiger partial charge on any atom is 0.269 e. The number of carbonyl (C=O) groups excluding carboxylic acids is 1. The van der Waals surface area contributed by atoms with E-state index in [1.807, 2.05) is 36.4 Å². The smallest absolute Gasteiger partial charge is 0.269 e. The topological polar surface area (TPSA) is 89.0 Å². The zero-order valence-corrected chi connectivity index (χ0v) is 16.7. The molecular weight excluding hydrogens is 378 g/mol. The zero-order valence-electron chi connectivity index (χ0n) is 16.7. The molecule has 0 spiro atoms. The average molecular weight is 399 g/mol. The first-order chi connectivity index (χ1) is 14.6. The molecule has 150 valence electrons. The van der Waals surface area contributed by atoms with E-state index in [2.05, 4.69) is 44.6 Å². The van der Waals surface area contributed by atoms with Crippen LogP contribution in [0.4, 0.5) is 5.95 Å². The summed E-state index contributed by atoms with van der Waals surface area (Å²) in [6, 6.07) is 19.1. The Labute approximate surface area is 174 Å². The van der Waals surface area contributed by atoms with Gasteiger partial charge in [-0.05, 0) is 36.8 Å². The van der Waals surface area contributed by atoms with E-state index in [1.165, 1.54) is 11.8 Å². The summed E-state index contributed by atoms with van der Waals surface area (Å²) in [6.45, 7) is 2.07. The molecule has 0 unspecified atom stereocenters. The molecule has 30 heavy (non-hydrogen) atoms. The van der Waals surface area contributed by atoms with Gasteiger partial charge < -0.3 is 15.4 Å². The average Bonchev–Trinajstić information content (AvgIpc) is 2.79. The summed E-state index contributed by atoms with van der Waals surface area (Å²) in [6.07, 6.45) is 3.30. The number of ether oxygens (including phenoxy) is 1. The number of pyridine rings is 1. The van der Waals surface area contributed by atoms with Crippen LogP contribution >= 0.6 is 0 Å². The third-order valence-corrected chi connectivity index (χ3v) is 4.62. The van der Waals surface area contributed by atoms with E-state index in [1.54, 1.807) is 25.4 Å². The number of anilines is 1. The fourth-order valence-corrected chi connectivity index (χ4v) is 3.03. The summed E-state index contributed by atoms with van der Waals surface area (Å²) >= 11 is 0. The lowest BCUT2D eigenvalue weighted by Crippen LogP contribution is -2.18. The highest BCUT2D eigenvalue weighted by Gasteiger charge is 2.09. The number of aromatic nitrogens is 3. The maximum atomic E-state index is 11.7. The first-order valence-electron chi connectivity index (χ1n) is 9.56. The van der Waals surface area contributed by atoms with E-state index < -0.39 is 0 Å². The Hall–Kier alpha value is -4.00. The number of hydrogen-bond acceptors (Lipinski definition) is 6. The molecule has 2 aromatic heterocycles. The van der Waals surface area contributed by atoms with Gasteiger partial charge in [-0.25, -0.2) is 9.97 Å². The molecule has 2 N–H and O–H groups in total. The highest BCUT2D eigenvalue weighted by Crippen LogP contribution is 2.26. The van der Waals surface area contributed by atoms with E-state index in [9.17, 15) is 4.79 Å². The van der Waals surface area contributed by atoms with Gasteiger partial charge >= 0.3 is 0 Å². The minimum Gasteiger partial charge on any atom is -0.457 e. The molecule has 0 radical (unpaired) electrons. The van der Waals surface area contributed by atoms with Crippen molar-refractivity contribution in [2.45, 2.75) is 13.0 Å². The number of nitrogens with one attached hydrogen (secondary N) is 2. The van der Waals surface area contributed by atoms with Crippen molar-refractivity contribution >= 4 is 22.8 Å². The number of fused-ring (bicyclic) bond motifs is 1. The van der Waals surface area contributed by atoms with Gasteiger partial charge in [0.2, 0.25) is 5.95 Å². The van der Waals surface area contributed by atoms with Gasteiger partial charge in [-0.15, -0.1) is 0 Å². The van der Waals surface area contributed by atoms with Crippen molar-refractivity contribution in [2.75, 3.05) is 12.4 Å². The number of carbonyl (C=O) groups is 1. The highest BCUT2D eigenvalue weighted by atomic mass is 16.5. The second-order valence-electron chi connectivity index (χ2n) is 6.75. The molecule has 1 amide bonds. The molecule has 7 nitrogen and oxygen atoms in total. The van der Waals surface area contributed by atoms with Gasteiger partial charge in [0.15, 0.2) is 0 Å². The first-order valence-corrected chi connectivity index (χ1v) is 9.56. The van der Waals surface area contributed by atoms with Crippen molar-refractivity contribution in [3.05, 3.63) is 84.3 Å². The number of amides is 1. The van der Waals surface area contributed by atoms with Crippen LogP contribution in [0.5, 0.6) is 11.5 Å². The quantitative estimate of drug-likeness (QED) is 0.501. The first kappa shape index (κ1) is 19.3. The molecule has 0 saturated heterocycles. The number of rotatable bonds is 6. The predicted molar refractivity (Wildman–Crippen MR) is 116 cm³/mol. The monoisotopic (exact) mass is 399 g/mol. The van der Waals surface area contributed by atoms with Crippen LogP contribution in [0.2, 0.25) is 0 Å². The van der Waals surface area contributed by atoms with Crippen LogP contribution in [0.15, 0.2) is 73.1 Å². The van der Waals surface area contributed by atoms with Gasteiger partial charge in [0.25, 0.3) is 5.91 Å². The Bertz CT molecular complexity index is 1180. The molecule has 2 heterocycles. The lowest BCUT2D eigenvalue weighted by Gasteiger charge is -2.14. The van der Waals surface area contributed by atoms with Crippen molar-refractivity contribution in [3.8, 4) is 11.5 Å². The Morgan fingerprint density at radius 2 is 1.80 bits per heavy atom. The van der Waals surface area contributed by atoms with Crippen molar-refractivity contribution in [1.82, 2.24) is 20.3 Å². The molecule has 0 aliphatic heterocycles. The summed E-state index contributed by atoms with van der Waals surface area (Å²) in [7, 11) is 1.56. The summed E-state index contributed by atoms with van der Waals surface area (Å²) in [5.41, 5.74) is 2.27. The normalized spacial score (nSPS) is 11.7. The minimum absolute atomic E-state index is 0.0902. The Morgan fingerprint density at radius 1 is 1.00 bits per heavy atom. The van der Waals surface area contributed by atoms with Crippen LogP contribution in [0, 0.1) is 0 Å². The molecule has 0 saturated carbocycles. The zero-order chi connectivity index (χ0) is 20.9. The SMILES string of the molecule is CNC(=O)c1cc(Oc2ccc3nc(N[C@@H](C)c4ccccc4)ncc3c2)ccn1. The molecule has 0 fully saturated rings. The van der Waals surface area contributed by atoms with Crippen LogP contribution in [0.1, 0.15) is 29.0 Å². The lowest BCUT2D eigenvalue weighted by atomic mass is 10.1. The number of hydrogen-bond donors (Lipinski definition) is 2. The number of benzene rings is 2. The van der Waals surface area contributed by atoms with Gasteiger partial charge in [-0.1, -0.05) is 30.3 Å². The van der Waals surface area contributed by atoms with E-state index in [-0.39, 0.29) is 11.9 Å². The number of nitrogens with zero attached hydrogens (tertiary/aromatic N) is 3. The van der Waals surface area contributed by atoms with Gasteiger partial charge in [-0.3, -0.25) is 9.78 Å². The summed E-state index contributed by atoms with van der Waals surface area (Å²) in [5, 5.41) is 6.73. The van der Waals surface area contributed by atoms with Crippen molar-refractivity contribution in [2.24, 2.45) is 0 Å². The lowest BCUT2D eigenvalue weighted by molar-refractivity contribution is 0.0958. The van der Waals surface area contributed by atoms with Gasteiger partial charge in [0, 0.05) is 30.9 Å². The second-order valence-corrected chi connectivity index (χ2v) is 6.75. The molecule has 0 bridgehead atoms. The van der Waals surface area contributed by atoms with Gasteiger partial charge in [-0.2, -0.15) is 0 Å². The third kappa shape index (κ3) is 4.35. The standard InChI is InChI=1S/C23H21N5O2/c1-15(16-6-4-3-5-7-16)27-23-26-14-17-12-18(8-9-20(17)28-23)30-19-10-11-25-21(13-19)22(29)24-2/h3-15H,1-2H3,(H,24,29)(H,26,27,28)/t15-/m0/s1. The van der Waals surface area contributed by atoms with Crippen molar-refractivity contribution in [1.29, 1.82) is 0 Å². The second kappa shape index (κ2) is 8.57. The van der Waals surface area contributed by atoms with Crippen LogP contribution in [-0.4, -0.2) is 27.9 Å². The van der Waals surface area contributed by atoms with Crippen LogP contribution in [-0.2, 0) is 0 Å². The summed E-state index contributed by atoms with van der Waals surface area (Å²) in [5.74, 6) is 1.45. The van der Waals surface area contributed by atoms with E-state index >= 15 is 0 Å². The van der Waals surface area contributed by atoms with E-state index in [0.29, 0.717) is 23.1 Å². The molecular formula is C23H21N5O2. The van der Waals surface area contributed by atoms with E-state index in [0.717, 1.165) is 10.9 Å². The van der Waals surface area contributed by atoms with Gasteiger partial charge in [0.05, 0.1) is 11.6 Å². The van der Waals surface area contributed by atoms with Crippen molar-refractivity contribution < 1.29 is 9.53 Å². The largest absolute Gasteiger partial charge is 0.457 e. The Kier molecular flexibility index (Phi) is 5.52. The summed E-state index contributed by atoms with van der Waals surface area (Å²) < 4.78 is 5.88. The molecule has 0 aliphatic carbocycles.